The number of nitrogens with one attached hydrogen (secondary N) is 1. The van der Waals surface area contributed by atoms with Crippen molar-refractivity contribution in [2.45, 2.75) is 98.7 Å². The van der Waals surface area contributed by atoms with Gasteiger partial charge in [0, 0.05) is 25.2 Å². The van der Waals surface area contributed by atoms with E-state index >= 15 is 0 Å². The fraction of sp³-hybridized carbons (Fsp3) is 0.792. The molecule has 2 unspecified atom stereocenters. The molecule has 1 heterocycles. The maximum atomic E-state index is 13.0. The lowest BCUT2D eigenvalue weighted by Crippen LogP contribution is -2.58. The molecule has 180 valence electrons. The number of piperidine rings is 1. The molecule has 0 aromatic carbocycles. The van der Waals surface area contributed by atoms with Crippen LogP contribution in [0.4, 0.5) is 0 Å². The Kier molecular flexibility index (Phi) is 14.1. The normalized spacial score (nSPS) is 19.1. The third kappa shape index (κ3) is 9.85. The molecule has 1 fully saturated rings. The van der Waals surface area contributed by atoms with Gasteiger partial charge >= 0.3 is 5.97 Å². The molecule has 0 aromatic rings. The first-order valence-electron chi connectivity index (χ1n) is 11.7. The van der Waals surface area contributed by atoms with Crippen LogP contribution in [-0.2, 0) is 14.4 Å². The lowest BCUT2D eigenvalue weighted by Gasteiger charge is -2.39. The van der Waals surface area contributed by atoms with Gasteiger partial charge in [-0.3, -0.25) is 14.5 Å². The molecule has 7 nitrogen and oxygen atoms in total. The molecular weight excluding hydrogens is 394 g/mol. The minimum atomic E-state index is -1.00. The Labute approximate surface area is 189 Å². The van der Waals surface area contributed by atoms with Crippen LogP contribution in [0.15, 0.2) is 11.6 Å². The molecule has 0 saturated carbocycles. The Bertz CT molecular complexity index is 604. The molecule has 1 rings (SSSR count). The van der Waals surface area contributed by atoms with E-state index in [0.717, 1.165) is 32.2 Å². The summed E-state index contributed by atoms with van der Waals surface area (Å²) in [5, 5.41) is 11.9. The Morgan fingerprint density at radius 3 is 2.23 bits per heavy atom. The predicted octanol–water partition coefficient (Wildman–Crippen LogP) is 3.69. The number of hydrogen-bond acceptors (Lipinski definition) is 4. The molecular formula is C24H45N3O4. The number of hydrogen-bond donors (Lipinski definition) is 2. The number of aliphatic carboxylic acids is 1. The van der Waals surface area contributed by atoms with Crippen LogP contribution in [0.25, 0.3) is 0 Å². The van der Waals surface area contributed by atoms with Crippen LogP contribution < -0.4 is 5.32 Å². The van der Waals surface area contributed by atoms with Gasteiger partial charge < -0.3 is 15.3 Å². The van der Waals surface area contributed by atoms with E-state index in [1.165, 1.54) is 24.3 Å². The summed E-state index contributed by atoms with van der Waals surface area (Å²) >= 11 is 0. The molecule has 3 atom stereocenters. The van der Waals surface area contributed by atoms with Crippen molar-refractivity contribution in [2.75, 3.05) is 20.1 Å². The summed E-state index contributed by atoms with van der Waals surface area (Å²) in [5.41, 5.74) is 0.191. The standard InChI is InChI=1S/C21H37N3O4.C3H8/c1-7-16(5)24-12-9-8-10-17(24)19(25)22-18(14(2)3)20(26)23(6)13-11-15(4)21(27)28;1-3-2/h11,14,16-18H,7-10,12-13H2,1-6H3,(H,22,25)(H,27,28);3H2,1-2H3/b15-11+;/t16?,17-,18?;/m1./s1. The Morgan fingerprint density at radius 1 is 1.16 bits per heavy atom. The third-order valence-electron chi connectivity index (χ3n) is 5.62. The number of carboxylic acids is 1. The first-order chi connectivity index (χ1) is 14.5. The topological polar surface area (TPSA) is 90.0 Å². The van der Waals surface area contributed by atoms with Gasteiger partial charge in [-0.15, -0.1) is 0 Å². The van der Waals surface area contributed by atoms with Crippen molar-refractivity contribution >= 4 is 17.8 Å². The van der Waals surface area contributed by atoms with Crippen molar-refractivity contribution in [3.8, 4) is 0 Å². The fourth-order valence-corrected chi connectivity index (χ4v) is 3.45. The molecule has 1 aliphatic heterocycles. The highest BCUT2D eigenvalue weighted by Gasteiger charge is 2.34. The monoisotopic (exact) mass is 439 g/mol. The average Bonchev–Trinajstić information content (AvgIpc) is 2.74. The Balaban J connectivity index is 0.00000282. The van der Waals surface area contributed by atoms with Gasteiger partial charge in [0.25, 0.3) is 0 Å². The van der Waals surface area contributed by atoms with Crippen molar-refractivity contribution < 1.29 is 19.5 Å². The molecule has 0 radical (unpaired) electrons. The Hall–Kier alpha value is -1.89. The van der Waals surface area contributed by atoms with Crippen LogP contribution in [-0.4, -0.2) is 71.0 Å². The quantitative estimate of drug-likeness (QED) is 0.535. The maximum absolute atomic E-state index is 13.0. The minimum Gasteiger partial charge on any atom is -0.478 e. The van der Waals surface area contributed by atoms with Gasteiger partial charge in [0.2, 0.25) is 11.8 Å². The molecule has 0 bridgehead atoms. The van der Waals surface area contributed by atoms with Crippen molar-refractivity contribution in [1.82, 2.24) is 15.1 Å². The minimum absolute atomic E-state index is 0.0657. The van der Waals surface area contributed by atoms with Crippen LogP contribution in [0, 0.1) is 5.92 Å². The van der Waals surface area contributed by atoms with Crippen LogP contribution in [0.1, 0.15) is 80.6 Å². The van der Waals surface area contributed by atoms with E-state index < -0.39 is 12.0 Å². The van der Waals surface area contributed by atoms with E-state index in [9.17, 15) is 14.4 Å². The number of nitrogens with zero attached hydrogens (tertiary/aromatic N) is 2. The number of amides is 2. The highest BCUT2D eigenvalue weighted by molar-refractivity contribution is 5.90. The average molecular weight is 440 g/mol. The number of carbonyl (C=O) groups excluding carboxylic acids is 2. The lowest BCUT2D eigenvalue weighted by atomic mass is 9.96. The van der Waals surface area contributed by atoms with Gasteiger partial charge in [-0.25, -0.2) is 4.79 Å². The van der Waals surface area contributed by atoms with Crippen LogP contribution in [0.3, 0.4) is 0 Å². The first-order valence-corrected chi connectivity index (χ1v) is 11.7. The molecule has 0 aromatic heterocycles. The highest BCUT2D eigenvalue weighted by atomic mass is 16.4. The second-order valence-electron chi connectivity index (χ2n) is 8.86. The Morgan fingerprint density at radius 2 is 1.74 bits per heavy atom. The SMILES string of the molecule is CCC.CCC(C)N1CCCC[C@@H]1C(=O)NC(C(=O)N(C)C/C=C(\C)C(=O)O)C(C)C. The first kappa shape index (κ1) is 29.1. The summed E-state index contributed by atoms with van der Waals surface area (Å²) in [5.74, 6) is -1.36. The summed E-state index contributed by atoms with van der Waals surface area (Å²) in [6.07, 6.45) is 6.66. The van der Waals surface area contributed by atoms with E-state index in [0.29, 0.717) is 6.04 Å². The number of likely N-dealkylation sites (tertiary alicyclic amines) is 1. The largest absolute Gasteiger partial charge is 0.478 e. The van der Waals surface area contributed by atoms with Gasteiger partial charge in [0.1, 0.15) is 6.04 Å². The van der Waals surface area contributed by atoms with Gasteiger partial charge in [-0.05, 0) is 45.6 Å². The molecule has 1 saturated heterocycles. The fourth-order valence-electron chi connectivity index (χ4n) is 3.45. The summed E-state index contributed by atoms with van der Waals surface area (Å²) in [6.45, 7) is 14.9. The van der Waals surface area contributed by atoms with Crippen LogP contribution in [0.2, 0.25) is 0 Å². The van der Waals surface area contributed by atoms with Crippen molar-refractivity contribution in [3.63, 3.8) is 0 Å². The number of likely N-dealkylation sites (N-methyl/N-ethyl adjacent to an activating group) is 1. The molecule has 2 amide bonds. The summed E-state index contributed by atoms with van der Waals surface area (Å²) in [7, 11) is 1.63. The van der Waals surface area contributed by atoms with Crippen molar-refractivity contribution in [3.05, 3.63) is 11.6 Å². The van der Waals surface area contributed by atoms with Crippen LogP contribution in [0.5, 0.6) is 0 Å². The van der Waals surface area contributed by atoms with Gasteiger partial charge in [0.05, 0.1) is 6.04 Å². The number of carbonyl (C=O) groups is 3. The van der Waals surface area contributed by atoms with E-state index in [-0.39, 0.29) is 35.9 Å². The van der Waals surface area contributed by atoms with Crippen molar-refractivity contribution in [1.29, 1.82) is 0 Å². The van der Waals surface area contributed by atoms with Crippen molar-refractivity contribution in [2.24, 2.45) is 5.92 Å². The zero-order valence-electron chi connectivity index (χ0n) is 20.9. The maximum Gasteiger partial charge on any atom is 0.331 e. The molecule has 2 N–H and O–H groups in total. The van der Waals surface area contributed by atoms with E-state index in [4.69, 9.17) is 5.11 Å². The summed E-state index contributed by atoms with van der Waals surface area (Å²) in [6, 6.07) is -0.495. The van der Waals surface area contributed by atoms with E-state index in [1.807, 2.05) is 13.8 Å². The van der Waals surface area contributed by atoms with Gasteiger partial charge in [-0.1, -0.05) is 53.5 Å². The zero-order valence-corrected chi connectivity index (χ0v) is 20.9. The summed E-state index contributed by atoms with van der Waals surface area (Å²) < 4.78 is 0. The summed E-state index contributed by atoms with van der Waals surface area (Å²) in [4.78, 5) is 40.5. The molecule has 31 heavy (non-hydrogen) atoms. The van der Waals surface area contributed by atoms with E-state index in [1.54, 1.807) is 7.05 Å². The molecule has 0 aliphatic carbocycles. The van der Waals surface area contributed by atoms with E-state index in [2.05, 4.69) is 37.9 Å². The van der Waals surface area contributed by atoms with Gasteiger partial charge in [-0.2, -0.15) is 0 Å². The molecule has 1 aliphatic rings. The zero-order chi connectivity index (χ0) is 24.1. The molecule has 0 spiro atoms. The highest BCUT2D eigenvalue weighted by Crippen LogP contribution is 2.21. The number of rotatable bonds is 9. The third-order valence-corrected chi connectivity index (χ3v) is 5.62. The number of carboxylic acid groups (broad SMARTS) is 1. The second kappa shape index (κ2) is 15.0. The molecule has 7 heteroatoms. The predicted molar refractivity (Wildman–Crippen MR) is 126 cm³/mol. The second-order valence-corrected chi connectivity index (χ2v) is 8.86. The van der Waals surface area contributed by atoms with Gasteiger partial charge in [0.15, 0.2) is 0 Å². The smallest absolute Gasteiger partial charge is 0.331 e. The van der Waals surface area contributed by atoms with Crippen LogP contribution >= 0.6 is 0 Å². The lowest BCUT2D eigenvalue weighted by molar-refractivity contribution is -0.138.